The highest BCUT2D eigenvalue weighted by Gasteiger charge is 2.61. The number of pyridine rings is 1. The van der Waals surface area contributed by atoms with Crippen LogP contribution in [0.1, 0.15) is 54.2 Å². The standard InChI is InChI=1S/C36H38N8O2/c1-41-28(14-22-4-3-9-38-34(22)41)35-39-26-13-24(36(45)43-19-25-12-23-15-27(43)31(23)25)16-29(46-2)32(26)44(35)18-20-8-11-42(17-20)30-7-10-37-33(40-30)21-5-6-21/h3-4,7,9-10,13-14,16,20-21,23,25,27,31H,5-6,8,11-12,15,17-19H2,1-2H3/t20-,23?,25?,27?,31+/m0/s1. The molecule has 0 bridgehead atoms. The van der Waals surface area contributed by atoms with Gasteiger partial charge in [-0.25, -0.2) is 19.9 Å². The number of likely N-dealkylation sites (tertiary alicyclic amines) is 1. The van der Waals surface area contributed by atoms with E-state index in [1.54, 1.807) is 7.11 Å². The first kappa shape index (κ1) is 26.7. The lowest BCUT2D eigenvalue weighted by Crippen LogP contribution is -2.53. The fourth-order valence-corrected chi connectivity index (χ4v) is 9.15. The summed E-state index contributed by atoms with van der Waals surface area (Å²) in [6.07, 6.45) is 9.65. The van der Waals surface area contributed by atoms with Gasteiger partial charge in [-0.15, -0.1) is 0 Å². The summed E-state index contributed by atoms with van der Waals surface area (Å²) in [5, 5.41) is 1.08. The predicted octanol–water partition coefficient (Wildman–Crippen LogP) is 5.27. The van der Waals surface area contributed by atoms with Crippen molar-refractivity contribution >= 4 is 33.8 Å². The number of carbonyl (C=O) groups excluding carboxylic acids is 1. The number of benzene rings is 1. The monoisotopic (exact) mass is 614 g/mol. The fraction of sp³-hybridized carbons (Fsp3) is 0.472. The fourth-order valence-electron chi connectivity index (χ4n) is 9.15. The molecule has 5 aromatic rings. The predicted molar refractivity (Wildman–Crippen MR) is 175 cm³/mol. The quantitative estimate of drug-likeness (QED) is 0.247. The molecule has 0 spiro atoms. The highest BCUT2D eigenvalue weighted by Crippen LogP contribution is 2.60. The van der Waals surface area contributed by atoms with E-state index in [0.29, 0.717) is 35.1 Å². The van der Waals surface area contributed by atoms with E-state index in [-0.39, 0.29) is 5.91 Å². The number of rotatable bonds is 7. The Hall–Kier alpha value is -4.47. The van der Waals surface area contributed by atoms with E-state index in [0.717, 1.165) is 96.1 Å². The molecule has 1 aromatic carbocycles. The lowest BCUT2D eigenvalue weighted by molar-refractivity contribution is -0.0204. The number of amides is 1. The Kier molecular flexibility index (Phi) is 5.67. The minimum Gasteiger partial charge on any atom is -0.494 e. The van der Waals surface area contributed by atoms with Crippen molar-refractivity contribution < 1.29 is 9.53 Å². The highest BCUT2D eigenvalue weighted by atomic mass is 16.5. The normalized spacial score (nSPS) is 26.4. The number of hydrogen-bond acceptors (Lipinski definition) is 7. The summed E-state index contributed by atoms with van der Waals surface area (Å²) in [6.45, 7) is 3.54. The molecule has 4 aromatic heterocycles. The number of carbonyl (C=O) groups is 1. The van der Waals surface area contributed by atoms with E-state index in [4.69, 9.17) is 14.7 Å². The van der Waals surface area contributed by atoms with Crippen molar-refractivity contribution in [2.45, 2.75) is 50.6 Å². The minimum atomic E-state index is 0.116. The van der Waals surface area contributed by atoms with E-state index < -0.39 is 0 Å². The van der Waals surface area contributed by atoms with Gasteiger partial charge in [0.15, 0.2) is 5.82 Å². The molecule has 234 valence electrons. The van der Waals surface area contributed by atoms with Gasteiger partial charge in [0.2, 0.25) is 0 Å². The molecule has 1 amide bonds. The number of anilines is 1. The first-order valence-electron chi connectivity index (χ1n) is 16.9. The van der Waals surface area contributed by atoms with Gasteiger partial charge in [0.05, 0.1) is 18.3 Å². The van der Waals surface area contributed by atoms with Crippen LogP contribution in [0.3, 0.4) is 0 Å². The second-order valence-corrected chi connectivity index (χ2v) is 14.3. The van der Waals surface area contributed by atoms with Crippen LogP contribution < -0.4 is 9.64 Å². The van der Waals surface area contributed by atoms with Gasteiger partial charge < -0.3 is 23.7 Å². The summed E-state index contributed by atoms with van der Waals surface area (Å²) in [4.78, 5) is 37.9. The summed E-state index contributed by atoms with van der Waals surface area (Å²) in [5.41, 5.74) is 4.32. The van der Waals surface area contributed by atoms with Gasteiger partial charge in [-0.05, 0) is 92.2 Å². The summed E-state index contributed by atoms with van der Waals surface area (Å²) in [7, 11) is 3.76. The molecule has 46 heavy (non-hydrogen) atoms. The summed E-state index contributed by atoms with van der Waals surface area (Å²) in [6, 6.07) is 12.6. The molecule has 10 rings (SSSR count). The molecule has 3 saturated carbocycles. The van der Waals surface area contributed by atoms with Crippen LogP contribution >= 0.6 is 0 Å². The van der Waals surface area contributed by atoms with Crippen molar-refractivity contribution in [3.8, 4) is 17.3 Å². The molecule has 0 radical (unpaired) electrons. The molecular formula is C36H38N8O2. The lowest BCUT2D eigenvalue weighted by atomic mass is 9.53. The van der Waals surface area contributed by atoms with Gasteiger partial charge in [-0.3, -0.25) is 4.79 Å². The van der Waals surface area contributed by atoms with Crippen LogP contribution in [0.2, 0.25) is 0 Å². The van der Waals surface area contributed by atoms with E-state index in [1.165, 1.54) is 19.3 Å². The Bertz CT molecular complexity index is 2040. The topological polar surface area (TPSA) is 94.2 Å². The number of aryl methyl sites for hydroxylation is 1. The maximum Gasteiger partial charge on any atom is 0.254 e. The molecule has 2 saturated heterocycles. The molecule has 3 aliphatic carbocycles. The van der Waals surface area contributed by atoms with Gasteiger partial charge in [0, 0.05) is 68.5 Å². The number of hydrogen-bond donors (Lipinski definition) is 0. The molecule has 10 heteroatoms. The smallest absolute Gasteiger partial charge is 0.254 e. The van der Waals surface area contributed by atoms with Crippen LogP contribution in [-0.4, -0.2) is 72.7 Å². The zero-order chi connectivity index (χ0) is 30.7. The van der Waals surface area contributed by atoms with E-state index in [1.807, 2.05) is 36.7 Å². The number of fused-ring (bicyclic) bond motifs is 2. The van der Waals surface area contributed by atoms with Gasteiger partial charge in [-0.2, -0.15) is 0 Å². The minimum absolute atomic E-state index is 0.116. The molecule has 10 nitrogen and oxygen atoms in total. The summed E-state index contributed by atoms with van der Waals surface area (Å²) in [5.74, 6) is 6.90. The maximum absolute atomic E-state index is 14.0. The molecule has 3 unspecified atom stereocenters. The van der Waals surface area contributed by atoms with Gasteiger partial charge in [-0.1, -0.05) is 0 Å². The van der Waals surface area contributed by atoms with Gasteiger partial charge in [0.25, 0.3) is 5.91 Å². The zero-order valence-electron chi connectivity index (χ0n) is 26.3. The van der Waals surface area contributed by atoms with Crippen molar-refractivity contribution in [1.82, 2.24) is 34.0 Å². The molecular weight excluding hydrogens is 576 g/mol. The zero-order valence-corrected chi connectivity index (χ0v) is 26.3. The van der Waals surface area contributed by atoms with Crippen LogP contribution in [0.5, 0.6) is 5.75 Å². The van der Waals surface area contributed by atoms with Crippen LogP contribution in [-0.2, 0) is 13.6 Å². The number of ether oxygens (including phenoxy) is 1. The largest absolute Gasteiger partial charge is 0.494 e. The van der Waals surface area contributed by atoms with Crippen molar-refractivity contribution in [2.75, 3.05) is 31.6 Å². The molecule has 0 N–H and O–H groups in total. The van der Waals surface area contributed by atoms with Gasteiger partial charge >= 0.3 is 0 Å². The van der Waals surface area contributed by atoms with Crippen molar-refractivity contribution in [2.24, 2.45) is 30.7 Å². The Labute approximate surface area is 267 Å². The van der Waals surface area contributed by atoms with E-state index in [2.05, 4.69) is 48.1 Å². The highest BCUT2D eigenvalue weighted by molar-refractivity contribution is 6.00. The third-order valence-corrected chi connectivity index (χ3v) is 11.7. The third-order valence-electron chi connectivity index (χ3n) is 11.7. The number of methoxy groups -OCH3 is 1. The Morgan fingerprint density at radius 2 is 1.91 bits per heavy atom. The van der Waals surface area contributed by atoms with Gasteiger partial charge in [0.1, 0.15) is 28.6 Å². The Morgan fingerprint density at radius 1 is 1.00 bits per heavy atom. The molecule has 5 atom stereocenters. The van der Waals surface area contributed by atoms with Crippen LogP contribution in [0.4, 0.5) is 5.82 Å². The average Bonchev–Trinajstić information content (AvgIpc) is 3.59. The van der Waals surface area contributed by atoms with Crippen LogP contribution in [0, 0.1) is 23.7 Å². The van der Waals surface area contributed by atoms with E-state index >= 15 is 0 Å². The van der Waals surface area contributed by atoms with Crippen LogP contribution in [0.15, 0.2) is 48.8 Å². The first-order valence-corrected chi connectivity index (χ1v) is 16.9. The van der Waals surface area contributed by atoms with Crippen molar-refractivity contribution in [3.05, 3.63) is 60.2 Å². The van der Waals surface area contributed by atoms with Crippen molar-refractivity contribution in [3.63, 3.8) is 0 Å². The third kappa shape index (κ3) is 3.91. The first-order chi connectivity index (χ1) is 22.5. The maximum atomic E-state index is 14.0. The average molecular weight is 615 g/mol. The molecule has 6 heterocycles. The molecule has 2 aliphatic heterocycles. The van der Waals surface area contributed by atoms with E-state index in [9.17, 15) is 4.79 Å². The molecule has 5 aliphatic rings. The number of aromatic nitrogens is 6. The summed E-state index contributed by atoms with van der Waals surface area (Å²) < 4.78 is 10.5. The second kappa shape index (κ2) is 9.77. The van der Waals surface area contributed by atoms with Crippen LogP contribution in [0.25, 0.3) is 33.6 Å². The Balaban J connectivity index is 1.04. The number of nitrogens with zero attached hydrogens (tertiary/aromatic N) is 8. The Morgan fingerprint density at radius 3 is 2.72 bits per heavy atom. The lowest BCUT2D eigenvalue weighted by Gasteiger charge is -2.52. The molecule has 5 fully saturated rings. The summed E-state index contributed by atoms with van der Waals surface area (Å²) >= 11 is 0. The van der Waals surface area contributed by atoms with Crippen molar-refractivity contribution in [1.29, 1.82) is 0 Å². The SMILES string of the molecule is COc1cc(C(=O)N2CC3CC4CC2[C@H]43)cc2nc(-c3cc4cccnc4n3C)n(C[C@H]3CCN(c4ccnc(C5CC5)n4)C3)c12. The number of imidazole rings is 1. The second-order valence-electron chi connectivity index (χ2n) is 14.3.